The predicted molar refractivity (Wildman–Crippen MR) is 118 cm³/mol. The lowest BCUT2D eigenvalue weighted by Crippen LogP contribution is -2.38. The van der Waals surface area contributed by atoms with Crippen molar-refractivity contribution in [2.75, 3.05) is 31.1 Å². The molecule has 0 bridgehead atoms. The van der Waals surface area contributed by atoms with Crippen molar-refractivity contribution >= 4 is 55.5 Å². The van der Waals surface area contributed by atoms with E-state index in [1.807, 2.05) is 0 Å². The molecule has 1 aromatic carbocycles. The molecule has 0 saturated heterocycles. The third kappa shape index (κ3) is 4.51. The number of amides is 1. The van der Waals surface area contributed by atoms with Crippen LogP contribution in [0.4, 0.5) is 5.13 Å². The van der Waals surface area contributed by atoms with Gasteiger partial charge in [-0.1, -0.05) is 42.9 Å². The molecule has 2 heterocycles. The van der Waals surface area contributed by atoms with Crippen LogP contribution in [0.25, 0.3) is 10.2 Å². The Bertz CT molecular complexity index is 946. The molecule has 0 saturated carbocycles. The molecular weight excluding hydrogens is 398 g/mol. The van der Waals surface area contributed by atoms with Crippen molar-refractivity contribution < 1.29 is 4.79 Å². The first-order valence-electron chi connectivity index (χ1n) is 9.10. The van der Waals surface area contributed by atoms with E-state index in [2.05, 4.69) is 44.7 Å². The van der Waals surface area contributed by atoms with Gasteiger partial charge in [-0.05, 0) is 56.3 Å². The predicted octanol–water partition coefficient (Wildman–Crippen LogP) is 5.62. The number of hydrogen-bond acceptors (Lipinski definition) is 5. The Morgan fingerprint density at radius 3 is 2.48 bits per heavy atom. The normalized spacial score (nSPS) is 11.5. The molecule has 0 fully saturated rings. The van der Waals surface area contributed by atoms with Gasteiger partial charge in [-0.3, -0.25) is 9.69 Å². The molecule has 7 heteroatoms. The van der Waals surface area contributed by atoms with Gasteiger partial charge in [0.2, 0.25) is 0 Å². The van der Waals surface area contributed by atoms with E-state index in [-0.39, 0.29) is 5.91 Å². The molecule has 0 spiro atoms. The lowest BCUT2D eigenvalue weighted by Gasteiger charge is -2.24. The van der Waals surface area contributed by atoms with Gasteiger partial charge in [-0.2, -0.15) is 0 Å². The number of aromatic nitrogens is 1. The van der Waals surface area contributed by atoms with E-state index in [1.54, 1.807) is 28.4 Å². The van der Waals surface area contributed by atoms with Gasteiger partial charge in [0.15, 0.2) is 5.13 Å². The number of fused-ring (bicyclic) bond motifs is 1. The van der Waals surface area contributed by atoms with Gasteiger partial charge in [0, 0.05) is 13.1 Å². The summed E-state index contributed by atoms with van der Waals surface area (Å²) in [4.78, 5) is 22.8. The largest absolute Gasteiger partial charge is 0.302 e. The molecule has 0 N–H and O–H groups in total. The summed E-state index contributed by atoms with van der Waals surface area (Å²) in [5, 5.41) is 0.750. The summed E-state index contributed by atoms with van der Waals surface area (Å²) in [6, 6.07) is 7.80. The summed E-state index contributed by atoms with van der Waals surface area (Å²) >= 11 is 8.96. The fourth-order valence-corrected chi connectivity index (χ4v) is 5.14. The Hall–Kier alpha value is -1.47. The minimum absolute atomic E-state index is 0.0347. The zero-order valence-electron chi connectivity index (χ0n) is 16.1. The first-order chi connectivity index (χ1) is 12.9. The summed E-state index contributed by atoms with van der Waals surface area (Å²) in [5.41, 5.74) is 3.34. The van der Waals surface area contributed by atoms with E-state index < -0.39 is 0 Å². The minimum Gasteiger partial charge on any atom is -0.302 e. The third-order valence-electron chi connectivity index (χ3n) is 4.60. The molecule has 27 heavy (non-hydrogen) atoms. The smallest absolute Gasteiger partial charge is 0.270 e. The highest BCUT2D eigenvalue weighted by atomic mass is 35.5. The number of aryl methyl sites for hydroxylation is 2. The monoisotopic (exact) mass is 421 g/mol. The highest BCUT2D eigenvalue weighted by Gasteiger charge is 2.23. The van der Waals surface area contributed by atoms with Crippen LogP contribution in [0.3, 0.4) is 0 Å². The fourth-order valence-electron chi connectivity index (χ4n) is 3.11. The second-order valence-electron chi connectivity index (χ2n) is 6.51. The topological polar surface area (TPSA) is 36.4 Å². The Morgan fingerprint density at radius 2 is 1.85 bits per heavy atom. The molecule has 3 rings (SSSR count). The molecule has 2 aromatic heterocycles. The highest BCUT2D eigenvalue weighted by molar-refractivity contribution is 7.22. The molecule has 0 unspecified atom stereocenters. The molecule has 3 aromatic rings. The summed E-state index contributed by atoms with van der Waals surface area (Å²) in [6.07, 6.45) is 0. The number of hydrogen-bond donors (Lipinski definition) is 0. The number of rotatable bonds is 7. The second kappa shape index (κ2) is 8.69. The van der Waals surface area contributed by atoms with Crippen LogP contribution in [0.15, 0.2) is 24.3 Å². The summed E-state index contributed by atoms with van der Waals surface area (Å²) in [5.74, 6) is -0.0347. The van der Waals surface area contributed by atoms with E-state index in [1.165, 1.54) is 22.5 Å². The van der Waals surface area contributed by atoms with Gasteiger partial charge in [-0.15, -0.1) is 11.3 Å². The number of likely N-dealkylation sites (N-methyl/N-ethyl adjacent to an activating group) is 1. The van der Waals surface area contributed by atoms with Crippen molar-refractivity contribution in [3.63, 3.8) is 0 Å². The number of anilines is 1. The number of carbonyl (C=O) groups is 1. The van der Waals surface area contributed by atoms with Crippen LogP contribution in [0.2, 0.25) is 4.34 Å². The highest BCUT2D eigenvalue weighted by Crippen LogP contribution is 2.33. The summed E-state index contributed by atoms with van der Waals surface area (Å²) in [7, 11) is 0. The van der Waals surface area contributed by atoms with E-state index >= 15 is 0 Å². The van der Waals surface area contributed by atoms with Gasteiger partial charge in [0.05, 0.1) is 19.4 Å². The zero-order chi connectivity index (χ0) is 19.6. The standard InChI is InChI=1S/C20H24ClN3OS2/c1-5-23(6-2)9-10-24(19(25)16-7-8-17(21)26-16)20-22-15-12-13(3)11-14(4)18(15)27-20/h7-8,11-12H,5-6,9-10H2,1-4H3. The first-order valence-corrected chi connectivity index (χ1v) is 11.1. The van der Waals surface area contributed by atoms with Gasteiger partial charge in [-0.25, -0.2) is 4.98 Å². The maximum atomic E-state index is 13.2. The molecule has 144 valence electrons. The SMILES string of the molecule is CCN(CC)CCN(C(=O)c1ccc(Cl)s1)c1nc2cc(C)cc(C)c2s1. The molecular formula is C20H24ClN3OS2. The van der Waals surface area contributed by atoms with Crippen LogP contribution in [0.1, 0.15) is 34.6 Å². The minimum atomic E-state index is -0.0347. The van der Waals surface area contributed by atoms with Crippen molar-refractivity contribution in [1.82, 2.24) is 9.88 Å². The van der Waals surface area contributed by atoms with Crippen molar-refractivity contribution in [2.24, 2.45) is 0 Å². The molecule has 0 atom stereocenters. The number of carbonyl (C=O) groups excluding carboxylic acids is 1. The zero-order valence-corrected chi connectivity index (χ0v) is 18.5. The van der Waals surface area contributed by atoms with Crippen LogP contribution in [0, 0.1) is 13.8 Å². The first kappa shape index (κ1) is 20.3. The fraction of sp³-hybridized carbons (Fsp3) is 0.400. The van der Waals surface area contributed by atoms with Gasteiger partial charge in [0.1, 0.15) is 0 Å². The van der Waals surface area contributed by atoms with Crippen molar-refractivity contribution in [2.45, 2.75) is 27.7 Å². The van der Waals surface area contributed by atoms with Crippen LogP contribution < -0.4 is 4.90 Å². The number of thiazole rings is 1. The summed E-state index contributed by atoms with van der Waals surface area (Å²) < 4.78 is 1.76. The maximum absolute atomic E-state index is 13.2. The molecule has 4 nitrogen and oxygen atoms in total. The van der Waals surface area contributed by atoms with Crippen LogP contribution in [-0.2, 0) is 0 Å². The Morgan fingerprint density at radius 1 is 1.11 bits per heavy atom. The molecule has 1 amide bonds. The molecule has 0 aliphatic heterocycles. The average Bonchev–Trinajstić information content (AvgIpc) is 3.25. The van der Waals surface area contributed by atoms with Gasteiger partial charge < -0.3 is 4.90 Å². The Labute approximate surface area is 173 Å². The molecule has 0 aliphatic carbocycles. The van der Waals surface area contributed by atoms with Crippen LogP contribution in [-0.4, -0.2) is 42.0 Å². The third-order valence-corrected chi connectivity index (χ3v) is 7.05. The van der Waals surface area contributed by atoms with Crippen molar-refractivity contribution in [3.8, 4) is 0 Å². The van der Waals surface area contributed by atoms with E-state index in [0.717, 1.165) is 35.0 Å². The Kier molecular flexibility index (Phi) is 6.52. The van der Waals surface area contributed by atoms with Crippen LogP contribution in [0.5, 0.6) is 0 Å². The van der Waals surface area contributed by atoms with E-state index in [4.69, 9.17) is 16.6 Å². The number of halogens is 1. The van der Waals surface area contributed by atoms with Crippen molar-refractivity contribution in [1.29, 1.82) is 0 Å². The average molecular weight is 422 g/mol. The summed E-state index contributed by atoms with van der Waals surface area (Å²) in [6.45, 7) is 11.8. The maximum Gasteiger partial charge on any atom is 0.270 e. The lowest BCUT2D eigenvalue weighted by molar-refractivity contribution is 0.0987. The number of benzene rings is 1. The Balaban J connectivity index is 1.98. The van der Waals surface area contributed by atoms with E-state index in [9.17, 15) is 4.79 Å². The quantitative estimate of drug-likeness (QED) is 0.497. The van der Waals surface area contributed by atoms with E-state index in [0.29, 0.717) is 15.8 Å². The molecule has 0 radical (unpaired) electrons. The van der Waals surface area contributed by atoms with Gasteiger partial charge in [0.25, 0.3) is 5.91 Å². The van der Waals surface area contributed by atoms with Crippen LogP contribution >= 0.6 is 34.3 Å². The lowest BCUT2D eigenvalue weighted by atomic mass is 10.1. The van der Waals surface area contributed by atoms with Gasteiger partial charge >= 0.3 is 0 Å². The second-order valence-corrected chi connectivity index (χ2v) is 9.21. The molecule has 0 aliphatic rings. The number of thiophene rings is 1. The number of nitrogens with zero attached hydrogens (tertiary/aromatic N) is 3. The van der Waals surface area contributed by atoms with Crippen molar-refractivity contribution in [3.05, 3.63) is 44.6 Å².